The van der Waals surface area contributed by atoms with Crippen molar-refractivity contribution in [2.24, 2.45) is 7.05 Å². The maximum atomic E-state index is 4.17. The monoisotopic (exact) mass is 162 g/mol. The SMILES string of the molecule is CCc1ncnc2c1cnn2C. The molecule has 0 saturated heterocycles. The van der Waals surface area contributed by atoms with Gasteiger partial charge in [0.05, 0.1) is 17.3 Å². The average Bonchev–Trinajstić information content (AvgIpc) is 2.48. The quantitative estimate of drug-likeness (QED) is 0.626. The smallest absolute Gasteiger partial charge is 0.161 e. The van der Waals surface area contributed by atoms with Crippen molar-refractivity contribution in [3.8, 4) is 0 Å². The van der Waals surface area contributed by atoms with Crippen LogP contribution in [0.25, 0.3) is 11.0 Å². The van der Waals surface area contributed by atoms with Gasteiger partial charge in [0.1, 0.15) is 6.33 Å². The van der Waals surface area contributed by atoms with Crippen molar-refractivity contribution in [3.05, 3.63) is 18.2 Å². The summed E-state index contributed by atoms with van der Waals surface area (Å²) >= 11 is 0. The fraction of sp³-hybridized carbons (Fsp3) is 0.375. The summed E-state index contributed by atoms with van der Waals surface area (Å²) in [5.74, 6) is 0. The van der Waals surface area contributed by atoms with Gasteiger partial charge in [-0.25, -0.2) is 9.97 Å². The second-order valence-corrected chi connectivity index (χ2v) is 2.68. The molecule has 0 saturated carbocycles. The Morgan fingerprint density at radius 2 is 2.25 bits per heavy atom. The van der Waals surface area contributed by atoms with Crippen molar-refractivity contribution in [2.45, 2.75) is 13.3 Å². The zero-order chi connectivity index (χ0) is 8.55. The molecular formula is C8H10N4. The molecule has 4 heteroatoms. The Labute approximate surface area is 70.3 Å². The van der Waals surface area contributed by atoms with Crippen LogP contribution in [-0.4, -0.2) is 19.7 Å². The molecule has 12 heavy (non-hydrogen) atoms. The van der Waals surface area contributed by atoms with Crippen molar-refractivity contribution >= 4 is 11.0 Å². The highest BCUT2D eigenvalue weighted by Gasteiger charge is 2.04. The molecule has 0 aliphatic carbocycles. The summed E-state index contributed by atoms with van der Waals surface area (Å²) in [6.07, 6.45) is 4.32. The minimum Gasteiger partial charge on any atom is -0.250 e. The van der Waals surface area contributed by atoms with E-state index in [1.165, 1.54) is 0 Å². The first-order valence-corrected chi connectivity index (χ1v) is 3.94. The molecule has 0 aliphatic rings. The lowest BCUT2D eigenvalue weighted by molar-refractivity contribution is 0.785. The zero-order valence-electron chi connectivity index (χ0n) is 7.15. The van der Waals surface area contributed by atoms with Gasteiger partial charge in [-0.05, 0) is 6.42 Å². The number of aryl methyl sites for hydroxylation is 2. The summed E-state index contributed by atoms with van der Waals surface area (Å²) in [6, 6.07) is 0. The maximum absolute atomic E-state index is 4.17. The highest BCUT2D eigenvalue weighted by Crippen LogP contribution is 2.12. The summed E-state index contributed by atoms with van der Waals surface area (Å²) in [7, 11) is 1.88. The summed E-state index contributed by atoms with van der Waals surface area (Å²) in [5, 5.41) is 5.18. The molecule has 4 nitrogen and oxygen atoms in total. The number of rotatable bonds is 1. The van der Waals surface area contributed by atoms with Crippen molar-refractivity contribution in [1.29, 1.82) is 0 Å². The second kappa shape index (κ2) is 2.55. The van der Waals surface area contributed by atoms with Crippen LogP contribution in [0, 0.1) is 0 Å². The first-order valence-electron chi connectivity index (χ1n) is 3.94. The Hall–Kier alpha value is -1.45. The van der Waals surface area contributed by atoms with Crippen LogP contribution in [0.15, 0.2) is 12.5 Å². The van der Waals surface area contributed by atoms with Gasteiger partial charge in [-0.1, -0.05) is 6.92 Å². The normalized spacial score (nSPS) is 10.8. The summed E-state index contributed by atoms with van der Waals surface area (Å²) in [5.41, 5.74) is 1.97. The van der Waals surface area contributed by atoms with Crippen LogP contribution in [0.2, 0.25) is 0 Å². The van der Waals surface area contributed by atoms with Gasteiger partial charge < -0.3 is 0 Å². The minimum atomic E-state index is 0.904. The number of aromatic nitrogens is 4. The summed E-state index contributed by atoms with van der Waals surface area (Å²) in [6.45, 7) is 2.08. The van der Waals surface area contributed by atoms with Crippen LogP contribution < -0.4 is 0 Å². The van der Waals surface area contributed by atoms with E-state index in [0.29, 0.717) is 0 Å². The predicted molar refractivity (Wildman–Crippen MR) is 45.7 cm³/mol. The molecule has 0 bridgehead atoms. The standard InChI is InChI=1S/C8H10N4/c1-3-7-6-4-11-12(2)8(6)10-5-9-7/h4-5H,3H2,1-2H3. The number of hydrogen-bond donors (Lipinski definition) is 0. The van der Waals surface area contributed by atoms with Crippen molar-refractivity contribution in [3.63, 3.8) is 0 Å². The Morgan fingerprint density at radius 3 is 3.00 bits per heavy atom. The van der Waals surface area contributed by atoms with Gasteiger partial charge in [0.25, 0.3) is 0 Å². The van der Waals surface area contributed by atoms with E-state index in [0.717, 1.165) is 23.1 Å². The second-order valence-electron chi connectivity index (χ2n) is 2.68. The van der Waals surface area contributed by atoms with Crippen molar-refractivity contribution in [1.82, 2.24) is 19.7 Å². The lowest BCUT2D eigenvalue weighted by Crippen LogP contribution is -1.94. The van der Waals surface area contributed by atoms with E-state index in [2.05, 4.69) is 22.0 Å². The van der Waals surface area contributed by atoms with Crippen molar-refractivity contribution in [2.75, 3.05) is 0 Å². The fourth-order valence-electron chi connectivity index (χ4n) is 1.29. The van der Waals surface area contributed by atoms with Gasteiger partial charge in [0, 0.05) is 7.05 Å². The van der Waals surface area contributed by atoms with Crippen LogP contribution in [0.1, 0.15) is 12.6 Å². The van der Waals surface area contributed by atoms with Crippen LogP contribution in [-0.2, 0) is 13.5 Å². The van der Waals surface area contributed by atoms with Gasteiger partial charge in [-0.3, -0.25) is 4.68 Å². The van der Waals surface area contributed by atoms with E-state index in [-0.39, 0.29) is 0 Å². The van der Waals surface area contributed by atoms with E-state index in [1.807, 2.05) is 13.2 Å². The number of fused-ring (bicyclic) bond motifs is 1. The lowest BCUT2D eigenvalue weighted by atomic mass is 10.2. The van der Waals surface area contributed by atoms with Crippen LogP contribution >= 0.6 is 0 Å². The minimum absolute atomic E-state index is 0.904. The highest BCUT2D eigenvalue weighted by atomic mass is 15.3. The lowest BCUT2D eigenvalue weighted by Gasteiger charge is -1.96. The Morgan fingerprint density at radius 1 is 1.42 bits per heavy atom. The molecule has 0 fully saturated rings. The molecular weight excluding hydrogens is 152 g/mol. The molecule has 0 aromatic carbocycles. The fourth-order valence-corrected chi connectivity index (χ4v) is 1.29. The van der Waals surface area contributed by atoms with Gasteiger partial charge >= 0.3 is 0 Å². The highest BCUT2D eigenvalue weighted by molar-refractivity contribution is 5.76. The molecule has 0 amide bonds. The molecule has 0 aliphatic heterocycles. The third-order valence-corrected chi connectivity index (χ3v) is 1.95. The molecule has 0 atom stereocenters. The molecule has 2 heterocycles. The molecule has 0 unspecified atom stereocenters. The van der Waals surface area contributed by atoms with Gasteiger partial charge in [0.15, 0.2) is 5.65 Å². The average molecular weight is 162 g/mol. The van der Waals surface area contributed by atoms with Crippen molar-refractivity contribution < 1.29 is 0 Å². The predicted octanol–water partition coefficient (Wildman–Crippen LogP) is 0.926. The summed E-state index contributed by atoms with van der Waals surface area (Å²) < 4.78 is 1.76. The first kappa shape index (κ1) is 7.21. The van der Waals surface area contributed by atoms with Gasteiger partial charge in [-0.2, -0.15) is 5.10 Å². The molecule has 0 N–H and O–H groups in total. The molecule has 0 spiro atoms. The van der Waals surface area contributed by atoms with E-state index in [4.69, 9.17) is 0 Å². The first-order chi connectivity index (χ1) is 5.83. The third kappa shape index (κ3) is 0.879. The molecule has 62 valence electrons. The molecule has 0 radical (unpaired) electrons. The summed E-state index contributed by atoms with van der Waals surface area (Å²) in [4.78, 5) is 8.31. The van der Waals surface area contributed by atoms with Crippen LogP contribution in [0.5, 0.6) is 0 Å². The zero-order valence-corrected chi connectivity index (χ0v) is 7.15. The molecule has 2 aromatic rings. The van der Waals surface area contributed by atoms with Crippen LogP contribution in [0.3, 0.4) is 0 Å². The van der Waals surface area contributed by atoms with E-state index in [9.17, 15) is 0 Å². The number of hydrogen-bond acceptors (Lipinski definition) is 3. The third-order valence-electron chi connectivity index (χ3n) is 1.95. The van der Waals surface area contributed by atoms with E-state index in [1.54, 1.807) is 11.0 Å². The maximum Gasteiger partial charge on any atom is 0.161 e. The molecule has 2 aromatic heterocycles. The Bertz CT molecular complexity index is 404. The Kier molecular flexibility index (Phi) is 1.53. The van der Waals surface area contributed by atoms with Gasteiger partial charge in [-0.15, -0.1) is 0 Å². The van der Waals surface area contributed by atoms with Gasteiger partial charge in [0.2, 0.25) is 0 Å². The Balaban J connectivity index is 2.81. The largest absolute Gasteiger partial charge is 0.250 e. The van der Waals surface area contributed by atoms with Crippen LogP contribution in [0.4, 0.5) is 0 Å². The molecule has 2 rings (SSSR count). The number of nitrogens with zero attached hydrogens (tertiary/aromatic N) is 4. The topological polar surface area (TPSA) is 43.6 Å². The van der Waals surface area contributed by atoms with E-state index >= 15 is 0 Å². The van der Waals surface area contributed by atoms with E-state index < -0.39 is 0 Å².